The van der Waals surface area contributed by atoms with Crippen LogP contribution in [0.25, 0.3) is 11.0 Å². The predicted molar refractivity (Wildman–Crippen MR) is 110 cm³/mol. The minimum atomic E-state index is -0.0575. The van der Waals surface area contributed by atoms with Crippen LogP contribution in [0.4, 0.5) is 17.5 Å². The summed E-state index contributed by atoms with van der Waals surface area (Å²) in [6, 6.07) is 3.78. The van der Waals surface area contributed by atoms with Crippen LogP contribution < -0.4 is 10.6 Å². The Hall–Kier alpha value is -3.13. The minimum absolute atomic E-state index is 0.0575. The summed E-state index contributed by atoms with van der Waals surface area (Å²) in [6.07, 6.45) is 8.28. The maximum Gasteiger partial charge on any atom is 0.246 e. The van der Waals surface area contributed by atoms with Gasteiger partial charge in [-0.05, 0) is 31.1 Å². The number of piperidine rings is 1. The number of carbonyl (C=O) groups excluding carboxylic acids is 1. The summed E-state index contributed by atoms with van der Waals surface area (Å²) in [5.41, 5.74) is 1.41. The van der Waals surface area contributed by atoms with Crippen molar-refractivity contribution in [2.75, 3.05) is 23.7 Å². The van der Waals surface area contributed by atoms with Crippen LogP contribution in [-0.2, 0) is 4.79 Å². The van der Waals surface area contributed by atoms with Gasteiger partial charge in [0, 0.05) is 31.5 Å². The third kappa shape index (κ3) is 3.77. The average molecular weight is 398 g/mol. The van der Waals surface area contributed by atoms with E-state index in [0.29, 0.717) is 29.0 Å². The Balaban J connectivity index is 1.62. The van der Waals surface area contributed by atoms with E-state index in [1.54, 1.807) is 23.5 Å². The number of H-pyrrole nitrogens is 1. The highest BCUT2D eigenvalue weighted by molar-refractivity contribution is 6.36. The maximum atomic E-state index is 12.0. The van der Waals surface area contributed by atoms with Crippen molar-refractivity contribution >= 4 is 46.0 Å². The number of likely N-dealkylation sites (tertiary alicyclic amines) is 1. The number of halogens is 1. The molecule has 28 heavy (non-hydrogen) atoms. The predicted octanol–water partition coefficient (Wildman–Crippen LogP) is 3.34. The van der Waals surface area contributed by atoms with Gasteiger partial charge in [0.2, 0.25) is 11.9 Å². The van der Waals surface area contributed by atoms with E-state index < -0.39 is 0 Å². The van der Waals surface area contributed by atoms with Gasteiger partial charge in [-0.3, -0.25) is 9.78 Å². The molecule has 3 aromatic heterocycles. The van der Waals surface area contributed by atoms with E-state index in [1.165, 1.54) is 6.08 Å². The lowest BCUT2D eigenvalue weighted by atomic mass is 10.1. The summed E-state index contributed by atoms with van der Waals surface area (Å²) in [5.74, 6) is 0.995. The first-order valence-electron chi connectivity index (χ1n) is 9.03. The van der Waals surface area contributed by atoms with Crippen molar-refractivity contribution in [2.45, 2.75) is 18.9 Å². The van der Waals surface area contributed by atoms with Crippen LogP contribution >= 0.6 is 11.6 Å². The van der Waals surface area contributed by atoms with E-state index in [9.17, 15) is 4.79 Å². The molecule has 1 aliphatic rings. The molecule has 0 unspecified atom stereocenters. The molecule has 4 heterocycles. The molecule has 0 radical (unpaired) electrons. The van der Waals surface area contributed by atoms with Crippen LogP contribution in [0.1, 0.15) is 12.8 Å². The highest BCUT2D eigenvalue weighted by Crippen LogP contribution is 2.31. The minimum Gasteiger partial charge on any atom is -0.365 e. The lowest BCUT2D eigenvalue weighted by Crippen LogP contribution is -2.44. The number of fused-ring (bicyclic) bond motifs is 1. The fraction of sp³-hybridized carbons (Fsp3) is 0.263. The molecular weight excluding hydrogens is 378 g/mol. The molecule has 1 atom stereocenters. The lowest BCUT2D eigenvalue weighted by Gasteiger charge is -2.33. The first-order valence-corrected chi connectivity index (χ1v) is 9.41. The SMILES string of the molecule is C=CC(=O)N1CCC[C@@H](Nc2nc(Nc3cccnc3)nc3[nH]cc(Cl)c23)C1. The van der Waals surface area contributed by atoms with E-state index in [4.69, 9.17) is 11.6 Å². The number of amides is 1. The standard InChI is InChI=1S/C19H20ClN7O/c1-2-15(28)27-8-4-6-13(11-27)23-18-16-14(20)10-22-17(16)25-19(26-18)24-12-5-3-7-21-9-12/h2-3,5,7,9-10,13H,1,4,6,8,11H2,(H3,22,23,24,25,26)/t13-/m1/s1. The molecule has 1 amide bonds. The van der Waals surface area contributed by atoms with Gasteiger partial charge in [0.1, 0.15) is 11.5 Å². The Morgan fingerprint density at radius 3 is 3.11 bits per heavy atom. The second-order valence-electron chi connectivity index (χ2n) is 6.59. The maximum absolute atomic E-state index is 12.0. The van der Waals surface area contributed by atoms with Gasteiger partial charge >= 0.3 is 0 Å². The van der Waals surface area contributed by atoms with Gasteiger partial charge in [-0.1, -0.05) is 18.2 Å². The van der Waals surface area contributed by atoms with Gasteiger partial charge in [0.25, 0.3) is 0 Å². The number of nitrogens with zero attached hydrogens (tertiary/aromatic N) is 4. The quantitative estimate of drug-likeness (QED) is 0.571. The number of hydrogen-bond acceptors (Lipinski definition) is 6. The summed E-state index contributed by atoms with van der Waals surface area (Å²) in [5, 5.41) is 7.87. The van der Waals surface area contributed by atoms with Gasteiger partial charge in [-0.2, -0.15) is 9.97 Å². The molecule has 1 aliphatic heterocycles. The second-order valence-corrected chi connectivity index (χ2v) is 7.00. The zero-order valence-electron chi connectivity index (χ0n) is 15.2. The molecule has 0 aromatic carbocycles. The summed E-state index contributed by atoms with van der Waals surface area (Å²) < 4.78 is 0. The molecule has 0 saturated carbocycles. The molecule has 3 aromatic rings. The number of nitrogens with one attached hydrogen (secondary N) is 3. The Bertz CT molecular complexity index is 1000. The molecule has 144 valence electrons. The third-order valence-electron chi connectivity index (χ3n) is 4.65. The van der Waals surface area contributed by atoms with Gasteiger partial charge in [0.15, 0.2) is 0 Å². The number of aromatic amines is 1. The Morgan fingerprint density at radius 2 is 2.32 bits per heavy atom. The van der Waals surface area contributed by atoms with Crippen molar-refractivity contribution in [3.63, 3.8) is 0 Å². The first-order chi connectivity index (χ1) is 13.6. The summed E-state index contributed by atoms with van der Waals surface area (Å²) in [4.78, 5) is 30.0. The second kappa shape index (κ2) is 7.85. The molecule has 8 nitrogen and oxygen atoms in total. The van der Waals surface area contributed by atoms with E-state index in [2.05, 4.69) is 37.1 Å². The average Bonchev–Trinajstić information content (AvgIpc) is 3.09. The van der Waals surface area contributed by atoms with Gasteiger partial charge in [-0.15, -0.1) is 0 Å². The molecule has 1 saturated heterocycles. The highest BCUT2D eigenvalue weighted by Gasteiger charge is 2.24. The van der Waals surface area contributed by atoms with Crippen LogP contribution in [0.5, 0.6) is 0 Å². The summed E-state index contributed by atoms with van der Waals surface area (Å²) in [7, 11) is 0. The van der Waals surface area contributed by atoms with Gasteiger partial charge in [0.05, 0.1) is 22.3 Å². The summed E-state index contributed by atoms with van der Waals surface area (Å²) >= 11 is 6.35. The number of pyridine rings is 1. The number of rotatable bonds is 5. The monoisotopic (exact) mass is 397 g/mol. The van der Waals surface area contributed by atoms with Crippen LogP contribution in [0.15, 0.2) is 43.4 Å². The number of hydrogen-bond donors (Lipinski definition) is 3. The van der Waals surface area contributed by atoms with Crippen LogP contribution in [0.2, 0.25) is 5.02 Å². The van der Waals surface area contributed by atoms with Crippen molar-refractivity contribution in [2.24, 2.45) is 0 Å². The number of anilines is 3. The molecule has 0 aliphatic carbocycles. The van der Waals surface area contributed by atoms with Crippen LogP contribution in [0.3, 0.4) is 0 Å². The molecule has 0 bridgehead atoms. The molecule has 1 fully saturated rings. The zero-order chi connectivity index (χ0) is 19.5. The van der Waals surface area contributed by atoms with Crippen molar-refractivity contribution in [3.05, 3.63) is 48.4 Å². The van der Waals surface area contributed by atoms with Gasteiger partial charge in [-0.25, -0.2) is 0 Å². The van der Waals surface area contributed by atoms with Gasteiger partial charge < -0.3 is 20.5 Å². The normalized spacial score (nSPS) is 16.8. The zero-order valence-corrected chi connectivity index (χ0v) is 15.9. The van der Waals surface area contributed by atoms with Crippen LogP contribution in [0, 0.1) is 0 Å². The number of carbonyl (C=O) groups is 1. The topological polar surface area (TPSA) is 98.8 Å². The highest BCUT2D eigenvalue weighted by atomic mass is 35.5. The molecule has 0 spiro atoms. The van der Waals surface area contributed by atoms with E-state index >= 15 is 0 Å². The molecular formula is C19H20ClN7O. The Morgan fingerprint density at radius 1 is 1.43 bits per heavy atom. The molecule has 9 heteroatoms. The third-order valence-corrected chi connectivity index (χ3v) is 4.95. The van der Waals surface area contributed by atoms with Crippen molar-refractivity contribution in [1.82, 2.24) is 24.8 Å². The fourth-order valence-corrected chi connectivity index (χ4v) is 3.57. The largest absolute Gasteiger partial charge is 0.365 e. The Kier molecular flexibility index (Phi) is 5.12. The van der Waals surface area contributed by atoms with Crippen molar-refractivity contribution in [3.8, 4) is 0 Å². The first kappa shape index (κ1) is 18.2. The number of aromatic nitrogens is 4. The summed E-state index contributed by atoms with van der Waals surface area (Å²) in [6.45, 7) is 4.90. The van der Waals surface area contributed by atoms with Crippen LogP contribution in [-0.4, -0.2) is 49.9 Å². The molecule has 4 rings (SSSR count). The van der Waals surface area contributed by atoms with Crippen molar-refractivity contribution < 1.29 is 4.79 Å². The van der Waals surface area contributed by atoms with Crippen molar-refractivity contribution in [1.29, 1.82) is 0 Å². The van der Waals surface area contributed by atoms with E-state index in [0.717, 1.165) is 30.5 Å². The smallest absolute Gasteiger partial charge is 0.246 e. The molecule has 3 N–H and O–H groups in total. The van der Waals surface area contributed by atoms with E-state index in [-0.39, 0.29) is 11.9 Å². The lowest BCUT2D eigenvalue weighted by molar-refractivity contribution is -0.127. The van der Waals surface area contributed by atoms with E-state index in [1.807, 2.05) is 12.1 Å². The fourth-order valence-electron chi connectivity index (χ4n) is 3.34. The Labute approximate surface area is 167 Å².